The Morgan fingerprint density at radius 3 is 1.86 bits per heavy atom. The molecule has 0 aliphatic rings. The van der Waals surface area contributed by atoms with Gasteiger partial charge in [-0.1, -0.05) is 0 Å². The van der Waals surface area contributed by atoms with Crippen molar-refractivity contribution in [2.45, 2.75) is 6.92 Å². The highest BCUT2D eigenvalue weighted by molar-refractivity contribution is 5.96. The third-order valence-corrected chi connectivity index (χ3v) is 2.52. The maximum Gasteiger partial charge on any atom is 0.322 e. The van der Waals surface area contributed by atoms with Gasteiger partial charge in [0.25, 0.3) is 0 Å². The number of ketones is 1. The summed E-state index contributed by atoms with van der Waals surface area (Å²) in [5, 5.41) is 2.48. The number of carbonyl (C=O) groups is 4. The lowest BCUT2D eigenvalue weighted by Gasteiger charge is -2.20. The van der Waals surface area contributed by atoms with Gasteiger partial charge in [0.1, 0.15) is 13.1 Å². The highest BCUT2D eigenvalue weighted by Crippen LogP contribution is 2.10. The summed E-state index contributed by atoms with van der Waals surface area (Å²) in [6.07, 6.45) is 0. The summed E-state index contributed by atoms with van der Waals surface area (Å²) >= 11 is 0. The molecule has 0 unspecified atom stereocenters. The molecule has 0 spiro atoms. The average molecular weight is 292 g/mol. The number of nitrogens with one attached hydrogen (secondary N) is 1. The van der Waals surface area contributed by atoms with Crippen LogP contribution in [0.2, 0.25) is 0 Å². The zero-order valence-electron chi connectivity index (χ0n) is 11.5. The Morgan fingerprint density at radius 2 is 1.48 bits per heavy atom. The molecule has 0 saturated carbocycles. The molecule has 0 aromatic heterocycles. The summed E-state index contributed by atoms with van der Waals surface area (Å²) in [5.74, 6) is -1.63. The van der Waals surface area contributed by atoms with E-state index in [1.54, 1.807) is 12.1 Å². The number of benzene rings is 1. The Hall–Kier alpha value is -2.90. The van der Waals surface area contributed by atoms with Crippen LogP contribution in [0.4, 0.5) is 10.5 Å². The highest BCUT2D eigenvalue weighted by Gasteiger charge is 2.18. The summed E-state index contributed by atoms with van der Waals surface area (Å²) in [7, 11) is 0. The van der Waals surface area contributed by atoms with Crippen molar-refractivity contribution in [1.29, 1.82) is 0 Å². The van der Waals surface area contributed by atoms with E-state index in [1.165, 1.54) is 19.1 Å². The van der Waals surface area contributed by atoms with Crippen molar-refractivity contribution in [2.24, 2.45) is 11.5 Å². The van der Waals surface area contributed by atoms with Crippen LogP contribution < -0.4 is 16.8 Å². The molecule has 0 atom stereocenters. The van der Waals surface area contributed by atoms with Crippen LogP contribution in [0.3, 0.4) is 0 Å². The van der Waals surface area contributed by atoms with E-state index in [9.17, 15) is 19.2 Å². The number of primary amides is 2. The van der Waals surface area contributed by atoms with Crippen LogP contribution in [-0.4, -0.2) is 41.6 Å². The molecule has 1 aromatic rings. The van der Waals surface area contributed by atoms with Crippen LogP contribution in [-0.2, 0) is 9.59 Å². The molecule has 8 nitrogen and oxygen atoms in total. The molecule has 0 aliphatic heterocycles. The highest BCUT2D eigenvalue weighted by atomic mass is 16.2. The third kappa shape index (κ3) is 5.31. The fourth-order valence-corrected chi connectivity index (χ4v) is 1.57. The number of Topliss-reactive ketones (excluding diaryl/α,β-unsaturated/α-hetero) is 1. The van der Waals surface area contributed by atoms with Crippen molar-refractivity contribution in [2.75, 3.05) is 18.4 Å². The lowest BCUT2D eigenvalue weighted by Crippen LogP contribution is -2.45. The van der Waals surface area contributed by atoms with Crippen molar-refractivity contribution in [1.82, 2.24) is 4.90 Å². The van der Waals surface area contributed by atoms with Gasteiger partial charge in [-0.25, -0.2) is 4.79 Å². The first-order chi connectivity index (χ1) is 9.79. The minimum atomic E-state index is -0.765. The Bertz CT molecular complexity index is 552. The van der Waals surface area contributed by atoms with E-state index < -0.39 is 30.9 Å². The van der Waals surface area contributed by atoms with Gasteiger partial charge in [-0.2, -0.15) is 0 Å². The van der Waals surface area contributed by atoms with Crippen molar-refractivity contribution in [3.63, 3.8) is 0 Å². The van der Waals surface area contributed by atoms with Crippen LogP contribution in [0.25, 0.3) is 0 Å². The first-order valence-electron chi connectivity index (χ1n) is 6.03. The zero-order valence-corrected chi connectivity index (χ0v) is 11.5. The maximum atomic E-state index is 11.9. The van der Waals surface area contributed by atoms with Gasteiger partial charge in [0.15, 0.2) is 5.78 Å². The van der Waals surface area contributed by atoms with E-state index in [2.05, 4.69) is 5.32 Å². The molecule has 0 aliphatic carbocycles. The quantitative estimate of drug-likeness (QED) is 0.620. The van der Waals surface area contributed by atoms with Crippen LogP contribution in [0.5, 0.6) is 0 Å². The zero-order chi connectivity index (χ0) is 16.0. The normalized spacial score (nSPS) is 9.76. The fourth-order valence-electron chi connectivity index (χ4n) is 1.57. The second kappa shape index (κ2) is 7.04. The van der Waals surface area contributed by atoms with Gasteiger partial charge in [0.2, 0.25) is 11.8 Å². The number of nitrogens with zero attached hydrogens (tertiary/aromatic N) is 1. The third-order valence-electron chi connectivity index (χ3n) is 2.52. The standard InChI is InChI=1S/C13H16N4O4/c1-8(18)9-2-4-10(5-3-9)16-13(21)17(6-11(14)19)7-12(15)20/h2-5H,6-7H2,1H3,(H2,14,19)(H2,15,20)(H,16,21). The Balaban J connectivity index is 2.77. The second-order valence-corrected chi connectivity index (χ2v) is 4.35. The van der Waals surface area contributed by atoms with Crippen molar-refractivity contribution in [3.8, 4) is 0 Å². The molecule has 0 fully saturated rings. The minimum absolute atomic E-state index is 0.100. The molecule has 1 rings (SSSR count). The Kier molecular flexibility index (Phi) is 5.41. The van der Waals surface area contributed by atoms with Gasteiger partial charge >= 0.3 is 6.03 Å². The topological polar surface area (TPSA) is 136 Å². The van der Waals surface area contributed by atoms with Crippen LogP contribution in [0.1, 0.15) is 17.3 Å². The summed E-state index contributed by atoms with van der Waals surface area (Å²) in [6, 6.07) is 5.46. The van der Waals surface area contributed by atoms with Gasteiger partial charge in [-0.05, 0) is 31.2 Å². The van der Waals surface area contributed by atoms with E-state index in [4.69, 9.17) is 11.5 Å². The Labute approximate surface area is 121 Å². The van der Waals surface area contributed by atoms with Crippen molar-refractivity contribution >= 4 is 29.3 Å². The molecule has 0 bridgehead atoms. The number of amides is 4. The molecule has 8 heteroatoms. The van der Waals surface area contributed by atoms with Crippen molar-refractivity contribution in [3.05, 3.63) is 29.8 Å². The minimum Gasteiger partial charge on any atom is -0.368 e. The molecule has 5 N–H and O–H groups in total. The van der Waals surface area contributed by atoms with E-state index in [-0.39, 0.29) is 5.78 Å². The van der Waals surface area contributed by atoms with Crippen LogP contribution in [0, 0.1) is 0 Å². The smallest absolute Gasteiger partial charge is 0.322 e. The average Bonchev–Trinajstić information content (AvgIpc) is 2.37. The lowest BCUT2D eigenvalue weighted by atomic mass is 10.1. The molecule has 21 heavy (non-hydrogen) atoms. The Morgan fingerprint density at radius 1 is 1.00 bits per heavy atom. The SMILES string of the molecule is CC(=O)c1ccc(NC(=O)N(CC(N)=O)CC(N)=O)cc1. The number of nitrogens with two attached hydrogens (primary N) is 2. The molecule has 0 saturated heterocycles. The van der Waals surface area contributed by atoms with E-state index in [0.29, 0.717) is 11.3 Å². The second-order valence-electron chi connectivity index (χ2n) is 4.35. The molecule has 0 heterocycles. The summed E-state index contributed by atoms with van der Waals surface area (Å²) in [6.45, 7) is 0.565. The number of hydrogen-bond acceptors (Lipinski definition) is 4. The fraction of sp³-hybridized carbons (Fsp3) is 0.231. The van der Waals surface area contributed by atoms with Gasteiger partial charge in [0, 0.05) is 11.3 Å². The predicted molar refractivity (Wildman–Crippen MR) is 75.4 cm³/mol. The predicted octanol–water partition coefficient (Wildman–Crippen LogP) is -0.306. The van der Waals surface area contributed by atoms with E-state index >= 15 is 0 Å². The van der Waals surface area contributed by atoms with Gasteiger partial charge in [-0.15, -0.1) is 0 Å². The largest absolute Gasteiger partial charge is 0.368 e. The summed E-state index contributed by atoms with van der Waals surface area (Å²) < 4.78 is 0. The van der Waals surface area contributed by atoms with E-state index in [1.807, 2.05) is 0 Å². The molecular weight excluding hydrogens is 276 g/mol. The van der Waals surface area contributed by atoms with Gasteiger partial charge < -0.3 is 21.7 Å². The summed E-state index contributed by atoms with van der Waals surface area (Å²) in [5.41, 5.74) is 10.9. The summed E-state index contributed by atoms with van der Waals surface area (Å²) in [4.78, 5) is 45.7. The molecule has 1 aromatic carbocycles. The number of anilines is 1. The van der Waals surface area contributed by atoms with E-state index in [0.717, 1.165) is 4.90 Å². The number of hydrogen-bond donors (Lipinski definition) is 3. The number of urea groups is 1. The van der Waals surface area contributed by atoms with Crippen molar-refractivity contribution < 1.29 is 19.2 Å². The maximum absolute atomic E-state index is 11.9. The number of rotatable bonds is 6. The van der Waals surface area contributed by atoms with Crippen LogP contribution >= 0.6 is 0 Å². The first kappa shape index (κ1) is 16.2. The van der Waals surface area contributed by atoms with Crippen LogP contribution in [0.15, 0.2) is 24.3 Å². The molecular formula is C13H16N4O4. The molecule has 4 amide bonds. The molecule has 112 valence electrons. The lowest BCUT2D eigenvalue weighted by molar-refractivity contribution is -0.120. The number of carbonyl (C=O) groups excluding carboxylic acids is 4. The first-order valence-corrected chi connectivity index (χ1v) is 6.03. The van der Waals surface area contributed by atoms with Gasteiger partial charge in [-0.3, -0.25) is 14.4 Å². The van der Waals surface area contributed by atoms with Gasteiger partial charge in [0.05, 0.1) is 0 Å². The molecule has 0 radical (unpaired) electrons. The monoisotopic (exact) mass is 292 g/mol.